The van der Waals surface area contributed by atoms with Gasteiger partial charge in [-0.25, -0.2) is 23.1 Å². The fourth-order valence-electron chi connectivity index (χ4n) is 2.47. The Balaban J connectivity index is 1.99. The monoisotopic (exact) mass is 356 g/mol. The van der Waals surface area contributed by atoms with Crippen LogP contribution in [0.1, 0.15) is 12.6 Å². The lowest BCUT2D eigenvalue weighted by atomic mass is 10.1. The van der Waals surface area contributed by atoms with E-state index in [0.717, 1.165) is 0 Å². The Morgan fingerprint density at radius 2 is 1.84 bits per heavy atom. The summed E-state index contributed by atoms with van der Waals surface area (Å²) in [6.45, 7) is 1.47. The molecule has 3 rings (SSSR count). The Hall–Kier alpha value is -2.84. The molecule has 0 aliphatic heterocycles. The molecule has 1 amide bonds. The Morgan fingerprint density at radius 3 is 2.52 bits per heavy atom. The summed E-state index contributed by atoms with van der Waals surface area (Å²) in [5, 5.41) is 3.90. The Bertz CT molecular complexity index is 1020. The average Bonchev–Trinajstić information content (AvgIpc) is 2.61. The van der Waals surface area contributed by atoms with Crippen molar-refractivity contribution >= 4 is 32.4 Å². The van der Waals surface area contributed by atoms with Crippen molar-refractivity contribution in [1.29, 1.82) is 0 Å². The highest BCUT2D eigenvalue weighted by molar-refractivity contribution is 7.89. The fourth-order valence-corrected chi connectivity index (χ4v) is 3.68. The van der Waals surface area contributed by atoms with Gasteiger partial charge in [-0.3, -0.25) is 4.79 Å². The molecule has 8 heteroatoms. The molecule has 128 valence electrons. The third-order valence-electron chi connectivity index (χ3n) is 3.57. The van der Waals surface area contributed by atoms with Crippen molar-refractivity contribution in [2.75, 3.05) is 5.32 Å². The van der Waals surface area contributed by atoms with E-state index in [1.807, 2.05) is 0 Å². The van der Waals surface area contributed by atoms with E-state index in [0.29, 0.717) is 22.2 Å². The number of anilines is 1. The van der Waals surface area contributed by atoms with Gasteiger partial charge >= 0.3 is 0 Å². The largest absolute Gasteiger partial charge is 0.326 e. The summed E-state index contributed by atoms with van der Waals surface area (Å²) in [4.78, 5) is 19.3. The quantitative estimate of drug-likeness (QED) is 0.729. The highest BCUT2D eigenvalue weighted by atomic mass is 32.2. The third-order valence-corrected chi connectivity index (χ3v) is 5.03. The molecule has 0 aliphatic carbocycles. The highest BCUT2D eigenvalue weighted by Gasteiger charge is 2.18. The Morgan fingerprint density at radius 1 is 1.08 bits per heavy atom. The molecule has 3 aromatic rings. The molecule has 7 nitrogen and oxygen atoms in total. The molecule has 25 heavy (non-hydrogen) atoms. The highest BCUT2D eigenvalue weighted by Crippen LogP contribution is 2.29. The number of rotatable bonds is 5. The van der Waals surface area contributed by atoms with Gasteiger partial charge in [0.15, 0.2) is 0 Å². The number of nitrogens with zero attached hydrogens (tertiary/aromatic N) is 2. The Labute approximate surface area is 145 Å². The summed E-state index contributed by atoms with van der Waals surface area (Å²) < 4.78 is 28.0. The van der Waals surface area contributed by atoms with Gasteiger partial charge in [0.2, 0.25) is 15.9 Å². The van der Waals surface area contributed by atoms with Gasteiger partial charge in [-0.05, 0) is 18.2 Å². The Kier molecular flexibility index (Phi) is 4.73. The molecule has 0 spiro atoms. The van der Waals surface area contributed by atoms with Gasteiger partial charge in [0.25, 0.3) is 0 Å². The number of carbonyl (C=O) groups excluding carboxylic acids is 1. The zero-order valence-electron chi connectivity index (χ0n) is 13.4. The number of sulfonamides is 1. The second kappa shape index (κ2) is 6.96. The molecule has 2 aromatic carbocycles. The molecule has 0 radical (unpaired) electrons. The molecule has 1 aromatic heterocycles. The predicted octanol–water partition coefficient (Wildman–Crippen LogP) is 2.07. The van der Waals surface area contributed by atoms with E-state index >= 15 is 0 Å². The zero-order chi connectivity index (χ0) is 17.9. The lowest BCUT2D eigenvalue weighted by Crippen LogP contribution is -2.24. The van der Waals surface area contributed by atoms with Crippen LogP contribution in [-0.4, -0.2) is 24.3 Å². The minimum atomic E-state index is -3.75. The SMILES string of the molecule is CC(=O)Nc1ccc(S(=O)(=O)NCc2ccncn2)c2ccccc12. The summed E-state index contributed by atoms with van der Waals surface area (Å²) >= 11 is 0. The molecule has 0 fully saturated rings. The minimum Gasteiger partial charge on any atom is -0.326 e. The molecule has 2 N–H and O–H groups in total. The van der Waals surface area contributed by atoms with Crippen LogP contribution in [0.2, 0.25) is 0 Å². The van der Waals surface area contributed by atoms with Crippen molar-refractivity contribution in [1.82, 2.24) is 14.7 Å². The van der Waals surface area contributed by atoms with Crippen molar-refractivity contribution < 1.29 is 13.2 Å². The van der Waals surface area contributed by atoms with Crippen molar-refractivity contribution in [3.63, 3.8) is 0 Å². The molecular formula is C17H16N4O3S. The molecule has 0 saturated heterocycles. The summed E-state index contributed by atoms with van der Waals surface area (Å²) in [5.74, 6) is -0.220. The van der Waals surface area contributed by atoms with Gasteiger partial charge in [0.1, 0.15) is 6.33 Å². The van der Waals surface area contributed by atoms with Crippen LogP contribution in [0.4, 0.5) is 5.69 Å². The molecule has 0 bridgehead atoms. The average molecular weight is 356 g/mol. The molecule has 0 aliphatic rings. The van der Waals surface area contributed by atoms with Crippen molar-refractivity contribution in [3.05, 3.63) is 60.7 Å². The van der Waals surface area contributed by atoms with Crippen LogP contribution in [0, 0.1) is 0 Å². The van der Waals surface area contributed by atoms with E-state index in [4.69, 9.17) is 0 Å². The number of carbonyl (C=O) groups is 1. The van der Waals surface area contributed by atoms with Gasteiger partial charge in [0.05, 0.1) is 17.1 Å². The maximum atomic E-state index is 12.7. The molecule has 1 heterocycles. The first-order valence-electron chi connectivity index (χ1n) is 7.51. The molecule has 0 atom stereocenters. The zero-order valence-corrected chi connectivity index (χ0v) is 14.2. The topological polar surface area (TPSA) is 101 Å². The van der Waals surface area contributed by atoms with Gasteiger partial charge in [-0.15, -0.1) is 0 Å². The molecule has 0 unspecified atom stereocenters. The maximum absolute atomic E-state index is 12.7. The van der Waals surface area contributed by atoms with E-state index in [-0.39, 0.29) is 17.3 Å². The second-order valence-electron chi connectivity index (χ2n) is 5.36. The van der Waals surface area contributed by atoms with Crippen molar-refractivity contribution in [3.8, 4) is 0 Å². The van der Waals surface area contributed by atoms with Crippen LogP contribution in [0.5, 0.6) is 0 Å². The van der Waals surface area contributed by atoms with Gasteiger partial charge in [0, 0.05) is 29.6 Å². The van der Waals surface area contributed by atoms with Crippen LogP contribution < -0.4 is 10.0 Å². The molecular weight excluding hydrogens is 340 g/mol. The maximum Gasteiger partial charge on any atom is 0.241 e. The van der Waals surface area contributed by atoms with E-state index in [9.17, 15) is 13.2 Å². The minimum absolute atomic E-state index is 0.0621. The number of nitrogens with one attached hydrogen (secondary N) is 2. The molecule has 0 saturated carbocycles. The number of amides is 1. The van der Waals surface area contributed by atoms with Crippen molar-refractivity contribution in [2.45, 2.75) is 18.4 Å². The van der Waals surface area contributed by atoms with Crippen LogP contribution in [0.15, 0.2) is 59.9 Å². The third kappa shape index (κ3) is 3.81. The summed E-state index contributed by atoms with van der Waals surface area (Å²) in [6, 6.07) is 11.7. The number of hydrogen-bond donors (Lipinski definition) is 2. The smallest absolute Gasteiger partial charge is 0.241 e. The lowest BCUT2D eigenvalue weighted by Gasteiger charge is -2.12. The van der Waals surface area contributed by atoms with Crippen molar-refractivity contribution in [2.24, 2.45) is 0 Å². The van der Waals surface area contributed by atoms with E-state index in [1.54, 1.807) is 42.6 Å². The van der Waals surface area contributed by atoms with E-state index < -0.39 is 10.0 Å². The van der Waals surface area contributed by atoms with E-state index in [2.05, 4.69) is 20.0 Å². The number of aromatic nitrogens is 2. The normalized spacial score (nSPS) is 11.4. The number of fused-ring (bicyclic) bond motifs is 1. The first kappa shape index (κ1) is 17.0. The van der Waals surface area contributed by atoms with Crippen LogP contribution in [0.25, 0.3) is 10.8 Å². The summed E-state index contributed by atoms with van der Waals surface area (Å²) in [7, 11) is -3.75. The fraction of sp³-hybridized carbons (Fsp3) is 0.118. The van der Waals surface area contributed by atoms with Gasteiger partial charge in [-0.1, -0.05) is 24.3 Å². The van der Waals surface area contributed by atoms with Gasteiger partial charge < -0.3 is 5.32 Å². The number of hydrogen-bond acceptors (Lipinski definition) is 5. The lowest BCUT2D eigenvalue weighted by molar-refractivity contribution is -0.114. The number of benzene rings is 2. The summed E-state index contributed by atoms with van der Waals surface area (Å²) in [6.07, 6.45) is 2.91. The first-order chi connectivity index (χ1) is 12.0. The van der Waals surface area contributed by atoms with Gasteiger partial charge in [-0.2, -0.15) is 0 Å². The van der Waals surface area contributed by atoms with Crippen LogP contribution >= 0.6 is 0 Å². The van der Waals surface area contributed by atoms with Crippen LogP contribution in [0.3, 0.4) is 0 Å². The first-order valence-corrected chi connectivity index (χ1v) is 8.99. The van der Waals surface area contributed by atoms with E-state index in [1.165, 1.54) is 19.3 Å². The summed E-state index contributed by atoms with van der Waals surface area (Å²) in [5.41, 5.74) is 1.13. The second-order valence-corrected chi connectivity index (χ2v) is 7.10. The van der Waals surface area contributed by atoms with Crippen LogP contribution in [-0.2, 0) is 21.4 Å². The standard InChI is InChI=1S/C17H16N4O3S/c1-12(22)21-16-6-7-17(15-5-3-2-4-14(15)16)25(23,24)20-10-13-8-9-18-11-19-13/h2-9,11,20H,10H2,1H3,(H,21,22). The predicted molar refractivity (Wildman–Crippen MR) is 94.3 cm³/mol.